The summed E-state index contributed by atoms with van der Waals surface area (Å²) in [6.07, 6.45) is 0.239. The third kappa shape index (κ3) is 34.5. The number of carbonyl (C=O) groups is 20. The molecule has 19 amide bonds. The van der Waals surface area contributed by atoms with E-state index in [1.165, 1.54) is 48.5 Å². The van der Waals surface area contributed by atoms with Crippen LogP contribution in [0, 0.1) is 29.6 Å². The average molecular weight is 1970 g/mol. The normalized spacial score (nSPS) is 29.6. The third-order valence-corrected chi connectivity index (χ3v) is 28.9. The molecule has 4 aliphatic rings. The molecule has 1 unspecified atom stereocenters. The largest absolute Gasteiger partial charge is 0.481 e. The maximum absolute atomic E-state index is 15.9. The van der Waals surface area contributed by atoms with E-state index in [1.807, 2.05) is 4.90 Å². The molecule has 6 rings (SSSR count). The number of rotatable bonds is 21. The summed E-state index contributed by atoms with van der Waals surface area (Å²) in [5.41, 5.74) is 7.56. The average Bonchev–Trinajstić information content (AvgIpc) is 1.81. The predicted molar refractivity (Wildman–Crippen MR) is 504 cm³/mol. The van der Waals surface area contributed by atoms with Crippen LogP contribution in [-0.2, 0) is 113 Å². The number of nitrogens with two attached hydrogens (primary N) is 1. The number of para-hydroxylation sites is 1. The summed E-state index contributed by atoms with van der Waals surface area (Å²) in [4.78, 5) is 302. The number of aromatic nitrogens is 1. The predicted octanol–water partition coefficient (Wildman–Crippen LogP) is -6.41. The summed E-state index contributed by atoms with van der Waals surface area (Å²) < 4.78 is 15.1. The van der Waals surface area contributed by atoms with Crippen molar-refractivity contribution in [3.8, 4) is 0 Å². The van der Waals surface area contributed by atoms with Crippen molar-refractivity contribution in [2.75, 3.05) is 75.6 Å². The van der Waals surface area contributed by atoms with Gasteiger partial charge in [-0.25, -0.2) is 0 Å². The van der Waals surface area contributed by atoms with E-state index in [4.69, 9.17) is 5.73 Å². The number of benzene rings is 1. The highest BCUT2D eigenvalue weighted by Gasteiger charge is 2.45. The van der Waals surface area contributed by atoms with E-state index >= 15 is 56.9 Å². The molecule has 0 aliphatic carbocycles. The number of aliphatic carboxylic acids is 1. The van der Waals surface area contributed by atoms with E-state index in [0.29, 0.717) is 41.2 Å². The zero-order chi connectivity index (χ0) is 101. The molecule has 752 valence electrons. The monoisotopic (exact) mass is 1970 g/mol. The lowest BCUT2D eigenvalue weighted by Gasteiger charge is -2.32. The first-order valence-electron chi connectivity index (χ1n) is 45.2. The molecule has 4 saturated heterocycles. The number of aromatic amines is 1. The van der Waals surface area contributed by atoms with Crippen LogP contribution in [0.25, 0.3) is 10.9 Å². The Labute approximate surface area is 799 Å². The second kappa shape index (κ2) is 54.3. The van der Waals surface area contributed by atoms with Crippen molar-refractivity contribution in [1.29, 1.82) is 0 Å². The van der Waals surface area contributed by atoms with Crippen LogP contribution in [0.5, 0.6) is 0 Å². The van der Waals surface area contributed by atoms with Crippen molar-refractivity contribution in [2.45, 2.75) is 260 Å². The molecule has 2 aromatic rings. The number of aliphatic hydroxyl groups is 1. The minimum absolute atomic E-state index is 0.0240. The summed E-state index contributed by atoms with van der Waals surface area (Å²) in [5.74, 6) is -29.0. The lowest BCUT2D eigenvalue weighted by Crippen LogP contribution is -2.63. The van der Waals surface area contributed by atoms with Gasteiger partial charge in [-0.2, -0.15) is 35.3 Å². The van der Waals surface area contributed by atoms with Gasteiger partial charge in [0.25, 0.3) is 0 Å². The molecule has 24 N–H and O–H groups in total. The second-order valence-corrected chi connectivity index (χ2v) is 41.4. The summed E-state index contributed by atoms with van der Waals surface area (Å²) >= 11 is 2.18. The van der Waals surface area contributed by atoms with Crippen LogP contribution in [0.1, 0.15) is 141 Å². The van der Waals surface area contributed by atoms with Gasteiger partial charge in [-0.3, -0.25) is 100 Å². The van der Waals surface area contributed by atoms with Gasteiger partial charge < -0.3 is 127 Å². The molecule has 1 aromatic heterocycles. The van der Waals surface area contributed by atoms with Crippen molar-refractivity contribution in [3.63, 3.8) is 0 Å². The molecule has 49 heteroatoms. The number of amides is 19. The SMILES string of the molecule is CC[C@H](C)[C@@H]1NC(=O)[C@H](C(C)C)NC(=O)[C@@H]2NC(=O)CNC(=O)[C@@H]3CS[C@@H](C)[C@@H](NC(=O)[C@@H]4CSC[C@@H](N)C(=O)N[C@@H](CO)C(=O)NCC(=O)N[C@@H](Cc5c[nH]c6ccccc56)C(=O)N[C@@H](C(C)C)C(=O)N4)C(=O)N[C@@H](CC(C)C)C(=O)N[C@@H](C(=O)N[C@@H]([C@@H](C)CC)C(=O)N[C@@H](CCC(=O)O)C(=O)N3)[C@H](C)SC[C@H](NC1=O)C(=O)N[C@@H](C)C(=O)N[C@H](C(=O)NCCCN(C)C)CS(=O)[C@H]2C. The van der Waals surface area contributed by atoms with Crippen molar-refractivity contribution < 1.29 is 110 Å². The van der Waals surface area contributed by atoms with Crippen molar-refractivity contribution >= 4 is 175 Å². The lowest BCUT2D eigenvalue weighted by atomic mass is 9.96. The number of H-pyrrole nitrogens is 1. The van der Waals surface area contributed by atoms with Gasteiger partial charge in [0.1, 0.15) is 96.7 Å². The van der Waals surface area contributed by atoms with Crippen LogP contribution >= 0.6 is 35.3 Å². The Balaban J connectivity index is 1.63. The van der Waals surface area contributed by atoms with Crippen LogP contribution in [0.2, 0.25) is 0 Å². The highest BCUT2D eigenvalue weighted by atomic mass is 32.2. The maximum Gasteiger partial charge on any atom is 0.303 e. The number of carbonyl (C=O) groups excluding carboxylic acids is 19. The van der Waals surface area contributed by atoms with Crippen molar-refractivity contribution in [3.05, 3.63) is 36.0 Å². The number of thioether (sulfide) groups is 3. The highest BCUT2D eigenvalue weighted by molar-refractivity contribution is 8.00. The summed E-state index contributed by atoms with van der Waals surface area (Å²) in [5, 5.41) is 65.8. The van der Waals surface area contributed by atoms with Crippen LogP contribution in [0.4, 0.5) is 0 Å². The molecular weight excluding hydrogens is 1840 g/mol. The molecule has 4 fully saturated rings. The van der Waals surface area contributed by atoms with Crippen LogP contribution in [0.3, 0.4) is 0 Å². The first-order chi connectivity index (χ1) is 63.6. The Morgan fingerprint density at radius 2 is 1.04 bits per heavy atom. The van der Waals surface area contributed by atoms with E-state index in [-0.39, 0.29) is 32.2 Å². The Hall–Kier alpha value is -10.8. The molecule has 4 aliphatic heterocycles. The quantitative estimate of drug-likeness (QED) is 0.0408. The standard InChI is InChI=1S/C86H136N22O23S4/c1-17-42(9)65-82(126)94-52(24-25-62(112)113)75(119)97-57-36-133-45(12)67(107-79(123)56-35-132-34-50(87)71(115)96-55(33-109)72(116)90-31-60(110)93-54(77(121)102-63(40(5)6)80(124)98-56)29-48-30-89-51-23-20-19-22-49(48)51)84(128)95-53(28-39(3)4)76(120)106-68(85(129)105-65)46(13)134-37-58-78(122)92-44(11)70(114)100-59(74(118)88-26-21-27-108(15)16)38-135(131)47(14)69(101-61(111)32-91-73(57)117)86(130)103-64(41(7)8)81(125)104-66(43(10)18-2)83(127)99-58/h19-20,22-23,30,39-47,50,52-59,63-69,89,109H,17-18,21,24-29,31-38,87H2,1-16H3,(H,88,118)(H,90,116)(H,91,117)(H,92,122)(H,93,110)(H,94,126)(H,95,128)(H,96,115)(H,97,119)(H,98,124)(H,99,127)(H,100,114)(H,101,111)(H,102,121)(H,103,130)(H,104,125)(H,105,129)(H,106,120)(H,107,123)(H,112,113)/t42-,43-,44-,45-,46-,47-,50+,52-,53-,54-,55-,56-,57-,58-,59-,63-,64-,65-,66-,67+,68+,69+,135?/m0/s1. The fourth-order valence-electron chi connectivity index (χ4n) is 14.6. The number of nitrogens with one attached hydrogen (secondary N) is 20. The first-order valence-corrected chi connectivity index (χ1v) is 49.8. The van der Waals surface area contributed by atoms with Gasteiger partial charge in [0, 0.05) is 80.8 Å². The summed E-state index contributed by atoms with van der Waals surface area (Å²) in [6, 6.07) is -22.6. The van der Waals surface area contributed by atoms with Crippen LogP contribution in [0.15, 0.2) is 30.5 Å². The van der Waals surface area contributed by atoms with Gasteiger partial charge in [0.2, 0.25) is 112 Å². The van der Waals surface area contributed by atoms with Crippen molar-refractivity contribution in [1.82, 2.24) is 111 Å². The van der Waals surface area contributed by atoms with Gasteiger partial charge in [-0.05, 0) is 95.0 Å². The third-order valence-electron chi connectivity index (χ3n) is 23.4. The number of carboxylic acid groups (broad SMARTS) is 1. The van der Waals surface area contributed by atoms with Crippen molar-refractivity contribution in [2.24, 2.45) is 35.3 Å². The second-order valence-electron chi connectivity index (χ2n) is 35.7. The zero-order valence-corrected chi connectivity index (χ0v) is 82.2. The number of aliphatic hydroxyl groups excluding tert-OH is 1. The van der Waals surface area contributed by atoms with Crippen LogP contribution < -0.4 is 107 Å². The van der Waals surface area contributed by atoms with E-state index in [1.54, 1.807) is 93.0 Å². The van der Waals surface area contributed by atoms with E-state index in [0.717, 1.165) is 23.5 Å². The summed E-state index contributed by atoms with van der Waals surface area (Å²) in [7, 11) is 1.08. The molecule has 1 aromatic carbocycles. The number of hydrogen-bond donors (Lipinski definition) is 23. The fraction of sp³-hybridized carbons (Fsp3) is 0.674. The molecule has 0 saturated carbocycles. The first kappa shape index (κ1) is 113. The Morgan fingerprint density at radius 3 is 1.64 bits per heavy atom. The maximum atomic E-state index is 15.9. The van der Waals surface area contributed by atoms with E-state index < -0.39 is 338 Å². The minimum atomic E-state index is -2.50. The van der Waals surface area contributed by atoms with Gasteiger partial charge >= 0.3 is 5.97 Å². The van der Waals surface area contributed by atoms with Gasteiger partial charge in [-0.1, -0.05) is 114 Å². The van der Waals surface area contributed by atoms with Crippen LogP contribution in [-0.4, -0.2) is 337 Å². The molecule has 23 atom stereocenters. The van der Waals surface area contributed by atoms with E-state index in [9.17, 15) is 53.4 Å². The molecule has 4 bridgehead atoms. The number of fused-ring (bicyclic) bond motifs is 19. The molecule has 0 spiro atoms. The fourth-order valence-corrected chi connectivity index (χ4v) is 19.3. The highest BCUT2D eigenvalue weighted by Crippen LogP contribution is 2.25. The smallest absolute Gasteiger partial charge is 0.303 e. The Morgan fingerprint density at radius 1 is 0.519 bits per heavy atom. The minimum Gasteiger partial charge on any atom is -0.481 e. The topological polar surface area (TPSA) is 673 Å². The number of nitrogens with zero attached hydrogens (tertiary/aromatic N) is 1. The molecule has 0 radical (unpaired) electrons. The molecule has 45 nitrogen and oxygen atoms in total. The number of carboxylic acids is 1. The summed E-state index contributed by atoms with van der Waals surface area (Å²) in [6.45, 7) is 18.7. The van der Waals surface area contributed by atoms with E-state index in [2.05, 4.69) is 106 Å². The molecular formula is C86H136N22O23S4. The molecule has 5 heterocycles. The molecule has 135 heavy (non-hydrogen) atoms. The number of hydrogen-bond acceptors (Lipinski definition) is 27. The lowest BCUT2D eigenvalue weighted by molar-refractivity contribution is -0.139. The zero-order valence-electron chi connectivity index (χ0n) is 79.0. The van der Waals surface area contributed by atoms with Gasteiger partial charge in [0.15, 0.2) is 0 Å². The Kier molecular flexibility index (Phi) is 45.4. The van der Waals surface area contributed by atoms with Gasteiger partial charge in [0.05, 0.1) is 36.7 Å². The van der Waals surface area contributed by atoms with Gasteiger partial charge in [-0.15, -0.1) is 0 Å². The Bertz CT molecular complexity index is 4600.